The summed E-state index contributed by atoms with van der Waals surface area (Å²) in [6, 6.07) is 1.92. The molecule has 0 amide bonds. The van der Waals surface area contributed by atoms with Gasteiger partial charge in [0, 0.05) is 11.8 Å². The minimum Gasteiger partial charge on any atom is -0.495 e. The average Bonchev–Trinajstić information content (AvgIpc) is 2.61. The summed E-state index contributed by atoms with van der Waals surface area (Å²) < 4.78 is 5.19. The zero-order valence-corrected chi connectivity index (χ0v) is 11.4. The molecule has 18 heavy (non-hydrogen) atoms. The van der Waals surface area contributed by atoms with Crippen molar-refractivity contribution in [2.75, 3.05) is 7.11 Å². The summed E-state index contributed by atoms with van der Waals surface area (Å²) in [5.41, 5.74) is 0.185. The van der Waals surface area contributed by atoms with Crippen LogP contribution in [-0.2, 0) is 5.60 Å². The Kier molecular flexibility index (Phi) is 4.23. The van der Waals surface area contributed by atoms with Gasteiger partial charge in [0.1, 0.15) is 5.75 Å². The number of aliphatic hydroxyl groups is 1. The van der Waals surface area contributed by atoms with Gasteiger partial charge in [-0.3, -0.25) is 4.98 Å². The van der Waals surface area contributed by atoms with Crippen LogP contribution in [0.2, 0.25) is 0 Å². The first-order chi connectivity index (χ1) is 8.68. The second-order valence-electron chi connectivity index (χ2n) is 5.35. The van der Waals surface area contributed by atoms with Crippen LogP contribution in [0.25, 0.3) is 0 Å². The van der Waals surface area contributed by atoms with Crippen molar-refractivity contribution in [2.24, 2.45) is 5.92 Å². The van der Waals surface area contributed by atoms with Crippen molar-refractivity contribution < 1.29 is 9.84 Å². The molecule has 1 aliphatic carbocycles. The number of ether oxygens (including phenoxy) is 1. The van der Waals surface area contributed by atoms with Crippen molar-refractivity contribution in [3.8, 4) is 5.75 Å². The van der Waals surface area contributed by atoms with E-state index in [0.29, 0.717) is 0 Å². The monoisotopic (exact) mass is 249 g/mol. The highest BCUT2D eigenvalue weighted by Gasteiger charge is 2.32. The van der Waals surface area contributed by atoms with Gasteiger partial charge < -0.3 is 9.84 Å². The molecule has 1 aliphatic rings. The Morgan fingerprint density at radius 2 is 2.22 bits per heavy atom. The second kappa shape index (κ2) is 5.70. The van der Waals surface area contributed by atoms with Gasteiger partial charge in [-0.15, -0.1) is 0 Å². The van der Waals surface area contributed by atoms with Crippen molar-refractivity contribution in [3.63, 3.8) is 0 Å². The van der Waals surface area contributed by atoms with E-state index in [4.69, 9.17) is 4.74 Å². The third-order valence-electron chi connectivity index (χ3n) is 4.23. The smallest absolute Gasteiger partial charge is 0.137 e. The van der Waals surface area contributed by atoms with Crippen molar-refractivity contribution in [3.05, 3.63) is 24.0 Å². The number of hydrogen-bond acceptors (Lipinski definition) is 3. The summed E-state index contributed by atoms with van der Waals surface area (Å²) in [6.45, 7) is 2.24. The van der Waals surface area contributed by atoms with Crippen LogP contribution < -0.4 is 4.74 Å². The van der Waals surface area contributed by atoms with Gasteiger partial charge >= 0.3 is 0 Å². The molecule has 0 spiro atoms. The predicted octanol–water partition coefficient (Wildman–Crippen LogP) is 3.27. The maximum absolute atomic E-state index is 10.9. The van der Waals surface area contributed by atoms with Gasteiger partial charge in [-0.1, -0.05) is 19.8 Å². The van der Waals surface area contributed by atoms with Crippen LogP contribution in [0.4, 0.5) is 0 Å². The topological polar surface area (TPSA) is 42.4 Å². The zero-order valence-electron chi connectivity index (χ0n) is 11.4. The Bertz CT molecular complexity index is 394. The molecule has 2 unspecified atom stereocenters. The molecule has 1 N–H and O–H groups in total. The van der Waals surface area contributed by atoms with Gasteiger partial charge in [0.25, 0.3) is 0 Å². The summed E-state index contributed by atoms with van der Waals surface area (Å²) in [5.74, 6) is 1.48. The van der Waals surface area contributed by atoms with Gasteiger partial charge in [-0.25, -0.2) is 0 Å². The van der Waals surface area contributed by atoms with Crippen LogP contribution >= 0.6 is 0 Å². The molecule has 1 aromatic heterocycles. The number of nitrogens with zero attached hydrogens (tertiary/aromatic N) is 1. The van der Waals surface area contributed by atoms with E-state index in [2.05, 4.69) is 11.9 Å². The average molecular weight is 249 g/mol. The minimum atomic E-state index is -0.717. The molecule has 0 aliphatic heterocycles. The Morgan fingerprint density at radius 3 is 2.94 bits per heavy atom. The van der Waals surface area contributed by atoms with Crippen LogP contribution in [0.1, 0.15) is 51.0 Å². The van der Waals surface area contributed by atoms with Crippen molar-refractivity contribution in [1.29, 1.82) is 0 Å². The van der Waals surface area contributed by atoms with Crippen LogP contribution in [0.15, 0.2) is 18.5 Å². The molecule has 1 heterocycles. The van der Waals surface area contributed by atoms with Gasteiger partial charge in [0.05, 0.1) is 18.9 Å². The van der Waals surface area contributed by atoms with Crippen molar-refractivity contribution in [1.82, 2.24) is 4.98 Å². The lowest BCUT2D eigenvalue weighted by Crippen LogP contribution is -2.25. The zero-order chi connectivity index (χ0) is 13.0. The van der Waals surface area contributed by atoms with E-state index in [1.54, 1.807) is 19.5 Å². The van der Waals surface area contributed by atoms with E-state index in [0.717, 1.165) is 42.9 Å². The lowest BCUT2D eigenvalue weighted by Gasteiger charge is -2.27. The molecule has 100 valence electrons. The fourth-order valence-electron chi connectivity index (χ4n) is 2.88. The fourth-order valence-corrected chi connectivity index (χ4v) is 2.88. The first kappa shape index (κ1) is 13.3. The Morgan fingerprint density at radius 1 is 1.39 bits per heavy atom. The van der Waals surface area contributed by atoms with Crippen LogP contribution in [-0.4, -0.2) is 17.2 Å². The predicted molar refractivity (Wildman–Crippen MR) is 71.6 cm³/mol. The first-order valence-corrected chi connectivity index (χ1v) is 6.90. The molecule has 0 bridgehead atoms. The summed E-state index contributed by atoms with van der Waals surface area (Å²) in [5, 5.41) is 10.9. The number of methoxy groups -OCH3 is 1. The van der Waals surface area contributed by atoms with Gasteiger partial charge in [-0.05, 0) is 37.7 Å². The molecular weight excluding hydrogens is 226 g/mol. The maximum atomic E-state index is 10.9. The molecule has 1 aromatic rings. The SMILES string of the molecule is CCC1CCCC(O)(c2cncc(OC)c2)CC1. The molecule has 1 fully saturated rings. The lowest BCUT2D eigenvalue weighted by atomic mass is 9.87. The quantitative estimate of drug-likeness (QED) is 0.836. The van der Waals surface area contributed by atoms with Crippen LogP contribution in [0.3, 0.4) is 0 Å². The highest BCUT2D eigenvalue weighted by molar-refractivity contribution is 5.28. The molecular formula is C15H23NO2. The molecule has 3 nitrogen and oxygen atoms in total. The largest absolute Gasteiger partial charge is 0.495 e. The minimum absolute atomic E-state index is 0.717. The summed E-state index contributed by atoms with van der Waals surface area (Å²) >= 11 is 0. The number of aromatic nitrogens is 1. The molecule has 3 heteroatoms. The molecule has 0 saturated heterocycles. The third-order valence-corrected chi connectivity index (χ3v) is 4.23. The lowest BCUT2D eigenvalue weighted by molar-refractivity contribution is 0.0191. The van der Waals surface area contributed by atoms with Crippen LogP contribution in [0.5, 0.6) is 5.75 Å². The third kappa shape index (κ3) is 2.83. The normalized spacial score (nSPS) is 28.7. The number of pyridine rings is 1. The molecule has 1 saturated carbocycles. The maximum Gasteiger partial charge on any atom is 0.137 e. The van der Waals surface area contributed by atoms with E-state index in [-0.39, 0.29) is 0 Å². The van der Waals surface area contributed by atoms with E-state index < -0.39 is 5.60 Å². The highest BCUT2D eigenvalue weighted by Crippen LogP contribution is 2.39. The molecule has 0 radical (unpaired) electrons. The molecule has 2 atom stereocenters. The second-order valence-corrected chi connectivity index (χ2v) is 5.35. The number of rotatable bonds is 3. The van der Waals surface area contributed by atoms with E-state index >= 15 is 0 Å². The van der Waals surface area contributed by atoms with Crippen LogP contribution in [0, 0.1) is 5.92 Å². The van der Waals surface area contributed by atoms with E-state index in [1.807, 2.05) is 6.07 Å². The van der Waals surface area contributed by atoms with E-state index in [1.165, 1.54) is 12.8 Å². The Hall–Kier alpha value is -1.09. The summed E-state index contributed by atoms with van der Waals surface area (Å²) in [4.78, 5) is 4.16. The van der Waals surface area contributed by atoms with Crippen molar-refractivity contribution >= 4 is 0 Å². The first-order valence-electron chi connectivity index (χ1n) is 6.90. The molecule has 0 aromatic carbocycles. The van der Waals surface area contributed by atoms with Crippen molar-refractivity contribution in [2.45, 2.75) is 51.0 Å². The Balaban J connectivity index is 2.18. The summed E-state index contributed by atoms with van der Waals surface area (Å²) in [7, 11) is 1.63. The van der Waals surface area contributed by atoms with Gasteiger partial charge in [-0.2, -0.15) is 0 Å². The standard InChI is InChI=1S/C15H23NO2/c1-3-12-5-4-7-15(17,8-6-12)13-9-14(18-2)11-16-10-13/h9-12,17H,3-8H2,1-2H3. The van der Waals surface area contributed by atoms with E-state index in [9.17, 15) is 5.11 Å². The highest BCUT2D eigenvalue weighted by atomic mass is 16.5. The number of hydrogen-bond donors (Lipinski definition) is 1. The van der Waals surface area contributed by atoms with Gasteiger partial charge in [0.15, 0.2) is 0 Å². The fraction of sp³-hybridized carbons (Fsp3) is 0.667. The summed E-state index contributed by atoms with van der Waals surface area (Å²) in [6.07, 6.45) is 9.75. The Labute approximate surface area is 109 Å². The molecule has 2 rings (SSSR count). The van der Waals surface area contributed by atoms with Gasteiger partial charge in [0.2, 0.25) is 0 Å².